The van der Waals surface area contributed by atoms with Crippen molar-refractivity contribution in [2.45, 2.75) is 19.0 Å². The molecule has 6 nitrogen and oxygen atoms in total. The molecule has 2 amide bonds. The molecule has 3 heterocycles. The van der Waals surface area contributed by atoms with Gasteiger partial charge in [-0.1, -0.05) is 36.4 Å². The summed E-state index contributed by atoms with van der Waals surface area (Å²) in [7, 11) is 0. The molecule has 142 valence electrons. The Hall–Kier alpha value is -2.86. The summed E-state index contributed by atoms with van der Waals surface area (Å²) >= 11 is 5.96. The van der Waals surface area contributed by atoms with Gasteiger partial charge in [0.15, 0.2) is 0 Å². The molecule has 2 aliphatic heterocycles. The number of nitrogens with zero attached hydrogens (tertiary/aromatic N) is 5. The molecule has 7 heteroatoms. The smallest absolute Gasteiger partial charge is 0.325 e. The molecule has 0 N–H and O–H groups in total. The molecular formula is C21H20ClN5O. The highest BCUT2D eigenvalue weighted by atomic mass is 35.5. The molecule has 2 aromatic carbocycles. The van der Waals surface area contributed by atoms with E-state index in [0.29, 0.717) is 6.54 Å². The van der Waals surface area contributed by atoms with Crippen LogP contribution in [0.5, 0.6) is 0 Å². The van der Waals surface area contributed by atoms with Crippen LogP contribution in [0.4, 0.5) is 16.3 Å². The molecule has 0 spiro atoms. The Morgan fingerprint density at radius 1 is 1.07 bits per heavy atom. The summed E-state index contributed by atoms with van der Waals surface area (Å²) < 4.78 is 0. The van der Waals surface area contributed by atoms with Crippen molar-refractivity contribution in [3.05, 3.63) is 60.0 Å². The molecule has 2 aliphatic rings. The van der Waals surface area contributed by atoms with E-state index in [1.54, 1.807) is 6.20 Å². The maximum atomic E-state index is 13.3. The highest BCUT2D eigenvalue weighted by Gasteiger charge is 2.47. The van der Waals surface area contributed by atoms with E-state index < -0.39 is 0 Å². The second kappa shape index (κ2) is 6.63. The van der Waals surface area contributed by atoms with Crippen LogP contribution in [0.25, 0.3) is 10.8 Å². The first-order valence-electron chi connectivity index (χ1n) is 9.44. The summed E-state index contributed by atoms with van der Waals surface area (Å²) in [4.78, 5) is 27.7. The highest BCUT2D eigenvalue weighted by molar-refractivity contribution is 6.28. The Kier molecular flexibility index (Phi) is 4.09. The van der Waals surface area contributed by atoms with Crippen LogP contribution in [0.1, 0.15) is 6.92 Å². The van der Waals surface area contributed by atoms with Crippen LogP contribution >= 0.6 is 11.6 Å². The molecule has 1 aromatic heterocycles. The monoisotopic (exact) mass is 393 g/mol. The van der Waals surface area contributed by atoms with Crippen molar-refractivity contribution in [2.75, 3.05) is 29.4 Å². The van der Waals surface area contributed by atoms with Gasteiger partial charge in [-0.2, -0.15) is 0 Å². The number of urea groups is 1. The Balaban J connectivity index is 1.48. The van der Waals surface area contributed by atoms with E-state index >= 15 is 0 Å². The molecule has 2 saturated heterocycles. The van der Waals surface area contributed by atoms with Gasteiger partial charge in [0.1, 0.15) is 5.82 Å². The number of carbonyl (C=O) groups excluding carboxylic acids is 1. The molecule has 2 unspecified atom stereocenters. The molecule has 0 bridgehead atoms. The molecule has 2 fully saturated rings. The lowest BCUT2D eigenvalue weighted by Crippen LogP contribution is -2.53. The Bertz CT molecular complexity index is 1050. The van der Waals surface area contributed by atoms with E-state index in [4.69, 9.17) is 11.6 Å². The molecule has 0 saturated carbocycles. The first-order chi connectivity index (χ1) is 13.6. The third-order valence-corrected chi connectivity index (χ3v) is 5.98. The summed E-state index contributed by atoms with van der Waals surface area (Å²) in [6.45, 7) is 4.24. The van der Waals surface area contributed by atoms with Crippen LogP contribution in [0, 0.1) is 0 Å². The van der Waals surface area contributed by atoms with Gasteiger partial charge in [-0.25, -0.2) is 14.8 Å². The molecule has 28 heavy (non-hydrogen) atoms. The lowest BCUT2D eigenvalue weighted by molar-refractivity contribution is 0.195. The zero-order valence-electron chi connectivity index (χ0n) is 15.5. The number of piperazine rings is 1. The van der Waals surface area contributed by atoms with Crippen LogP contribution in [0.15, 0.2) is 54.7 Å². The standard InChI is InChI=1S/C21H20ClN5O/c1-14-18-13-25(19-9-10-23-20(22)24-19)11-12-26(18)21(28)27(14)17-8-4-6-15-5-2-3-7-16(15)17/h2-10,14,18H,11-13H2,1H3. The van der Waals surface area contributed by atoms with Gasteiger partial charge >= 0.3 is 6.03 Å². The highest BCUT2D eigenvalue weighted by Crippen LogP contribution is 2.36. The minimum Gasteiger partial charge on any atom is -0.353 e. The number of hydrogen-bond acceptors (Lipinski definition) is 4. The van der Waals surface area contributed by atoms with E-state index in [0.717, 1.165) is 35.4 Å². The van der Waals surface area contributed by atoms with Crippen molar-refractivity contribution in [1.29, 1.82) is 0 Å². The fraction of sp³-hybridized carbons (Fsp3) is 0.286. The van der Waals surface area contributed by atoms with Crippen molar-refractivity contribution >= 4 is 39.9 Å². The number of halogens is 1. The van der Waals surface area contributed by atoms with Crippen molar-refractivity contribution in [2.24, 2.45) is 0 Å². The molecular weight excluding hydrogens is 374 g/mol. The van der Waals surface area contributed by atoms with Crippen LogP contribution in [0.3, 0.4) is 0 Å². The summed E-state index contributed by atoms with van der Waals surface area (Å²) in [6, 6.07) is 16.4. The van der Waals surface area contributed by atoms with E-state index in [-0.39, 0.29) is 23.4 Å². The number of fused-ring (bicyclic) bond motifs is 2. The fourth-order valence-corrected chi connectivity index (χ4v) is 4.54. The summed E-state index contributed by atoms with van der Waals surface area (Å²) in [5.41, 5.74) is 0.974. The third kappa shape index (κ3) is 2.67. The molecule has 0 aliphatic carbocycles. The number of rotatable bonds is 2. The van der Waals surface area contributed by atoms with Crippen LogP contribution < -0.4 is 9.80 Å². The Morgan fingerprint density at radius 2 is 1.89 bits per heavy atom. The number of hydrogen-bond donors (Lipinski definition) is 0. The van der Waals surface area contributed by atoms with Crippen molar-refractivity contribution < 1.29 is 4.79 Å². The van der Waals surface area contributed by atoms with Gasteiger partial charge in [0.2, 0.25) is 5.28 Å². The largest absolute Gasteiger partial charge is 0.353 e. The fourth-order valence-electron chi connectivity index (χ4n) is 4.40. The topological polar surface area (TPSA) is 52.6 Å². The minimum absolute atomic E-state index is 0.0541. The van der Waals surface area contributed by atoms with E-state index in [1.165, 1.54) is 0 Å². The second-order valence-corrected chi connectivity index (χ2v) is 7.62. The van der Waals surface area contributed by atoms with Crippen LogP contribution in [-0.2, 0) is 0 Å². The number of anilines is 2. The number of amides is 2. The summed E-state index contributed by atoms with van der Waals surface area (Å²) in [5, 5.41) is 2.49. The molecule has 3 aromatic rings. The van der Waals surface area contributed by atoms with Crippen molar-refractivity contribution in [3.8, 4) is 0 Å². The van der Waals surface area contributed by atoms with Crippen LogP contribution in [0.2, 0.25) is 5.28 Å². The first kappa shape index (κ1) is 17.3. The Labute approximate surface area is 168 Å². The lowest BCUT2D eigenvalue weighted by Gasteiger charge is -2.38. The van der Waals surface area contributed by atoms with E-state index in [1.807, 2.05) is 40.1 Å². The predicted molar refractivity (Wildman–Crippen MR) is 111 cm³/mol. The average Bonchev–Trinajstić information content (AvgIpc) is 2.97. The number of benzene rings is 2. The van der Waals surface area contributed by atoms with Crippen molar-refractivity contribution in [3.63, 3.8) is 0 Å². The maximum absolute atomic E-state index is 13.3. The van der Waals surface area contributed by atoms with Crippen molar-refractivity contribution in [1.82, 2.24) is 14.9 Å². The van der Waals surface area contributed by atoms with Gasteiger partial charge in [0.25, 0.3) is 0 Å². The summed E-state index contributed by atoms with van der Waals surface area (Å²) in [6.07, 6.45) is 1.67. The van der Waals surface area contributed by atoms with Crippen LogP contribution in [-0.4, -0.2) is 52.6 Å². The molecule has 0 radical (unpaired) electrons. The predicted octanol–water partition coefficient (Wildman–Crippen LogP) is 3.80. The lowest BCUT2D eigenvalue weighted by atomic mass is 10.0. The Morgan fingerprint density at radius 3 is 2.75 bits per heavy atom. The van der Waals surface area contributed by atoms with Gasteiger partial charge in [0, 0.05) is 31.2 Å². The van der Waals surface area contributed by atoms with E-state index in [9.17, 15) is 4.79 Å². The zero-order chi connectivity index (χ0) is 19.3. The zero-order valence-corrected chi connectivity index (χ0v) is 16.3. The molecule has 2 atom stereocenters. The van der Waals surface area contributed by atoms with E-state index in [2.05, 4.69) is 40.0 Å². The van der Waals surface area contributed by atoms with Gasteiger partial charge in [-0.15, -0.1) is 0 Å². The quantitative estimate of drug-likeness (QED) is 0.621. The van der Waals surface area contributed by atoms with Gasteiger partial charge in [-0.05, 0) is 36.0 Å². The maximum Gasteiger partial charge on any atom is 0.325 e. The molecule has 5 rings (SSSR count). The van der Waals surface area contributed by atoms with Gasteiger partial charge < -0.3 is 9.80 Å². The average molecular weight is 394 g/mol. The SMILES string of the molecule is CC1C2CN(c3ccnc(Cl)n3)CCN2C(=O)N1c1cccc2ccccc12. The van der Waals surface area contributed by atoms with Gasteiger partial charge in [-0.3, -0.25) is 4.90 Å². The number of carbonyl (C=O) groups is 1. The minimum atomic E-state index is 0.0541. The summed E-state index contributed by atoms with van der Waals surface area (Å²) in [5.74, 6) is 0.808. The van der Waals surface area contributed by atoms with Gasteiger partial charge in [0.05, 0.1) is 17.8 Å². The second-order valence-electron chi connectivity index (χ2n) is 7.28. The normalized spacial score (nSPS) is 22.1. The first-order valence-corrected chi connectivity index (χ1v) is 9.82. The number of aromatic nitrogens is 2. The third-order valence-electron chi connectivity index (χ3n) is 5.80.